The number of halogens is 1. The van der Waals surface area contributed by atoms with E-state index in [1.165, 1.54) is 6.33 Å². The lowest BCUT2D eigenvalue weighted by Crippen LogP contribution is -2.21. The molecule has 21 heavy (non-hydrogen) atoms. The number of hydrogen-bond donors (Lipinski definition) is 1. The normalized spacial score (nSPS) is 11.8. The summed E-state index contributed by atoms with van der Waals surface area (Å²) in [5.74, 6) is 0.741. The Labute approximate surface area is 128 Å². The molecule has 0 aliphatic heterocycles. The fourth-order valence-electron chi connectivity index (χ4n) is 2.02. The Morgan fingerprint density at radius 1 is 1.19 bits per heavy atom. The van der Waals surface area contributed by atoms with Gasteiger partial charge >= 0.3 is 0 Å². The van der Waals surface area contributed by atoms with Gasteiger partial charge in [-0.05, 0) is 39.0 Å². The number of hydrogen-bond acceptors (Lipinski definition) is 4. The van der Waals surface area contributed by atoms with Crippen molar-refractivity contribution in [2.75, 3.05) is 5.32 Å². The predicted molar refractivity (Wildman–Crippen MR) is 85.1 cm³/mol. The second-order valence-corrected chi connectivity index (χ2v) is 6.29. The fourth-order valence-corrected chi connectivity index (χ4v) is 2.19. The third-order valence-corrected chi connectivity index (χ3v) is 3.37. The van der Waals surface area contributed by atoms with Crippen molar-refractivity contribution in [3.05, 3.63) is 41.9 Å². The maximum atomic E-state index is 5.99. The summed E-state index contributed by atoms with van der Waals surface area (Å²) in [5, 5.41) is 9.23. The Balaban J connectivity index is 1.97. The maximum Gasteiger partial charge on any atom is 0.141 e. The molecule has 108 valence electrons. The van der Waals surface area contributed by atoms with Gasteiger partial charge in [-0.15, -0.1) is 0 Å². The zero-order valence-electron chi connectivity index (χ0n) is 12.1. The third kappa shape index (κ3) is 2.83. The van der Waals surface area contributed by atoms with Crippen molar-refractivity contribution >= 4 is 34.0 Å². The molecular weight excluding hydrogens is 286 g/mol. The number of rotatable bonds is 2. The van der Waals surface area contributed by atoms with E-state index in [0.717, 1.165) is 22.4 Å². The number of aromatic nitrogens is 4. The molecule has 0 aliphatic rings. The molecule has 0 spiro atoms. The fraction of sp³-hybridized carbons (Fsp3) is 0.267. The summed E-state index contributed by atoms with van der Waals surface area (Å²) in [6.07, 6.45) is 5.27. The number of benzene rings is 1. The molecule has 0 unspecified atom stereocenters. The van der Waals surface area contributed by atoms with Crippen molar-refractivity contribution in [3.63, 3.8) is 0 Å². The van der Waals surface area contributed by atoms with Gasteiger partial charge in [0.1, 0.15) is 12.1 Å². The zero-order valence-corrected chi connectivity index (χ0v) is 12.9. The van der Waals surface area contributed by atoms with Crippen LogP contribution in [0.25, 0.3) is 10.9 Å². The average molecular weight is 302 g/mol. The second kappa shape index (κ2) is 5.00. The molecule has 0 saturated carbocycles. The smallest absolute Gasteiger partial charge is 0.141 e. The Morgan fingerprint density at radius 2 is 2.00 bits per heavy atom. The Kier molecular flexibility index (Phi) is 3.29. The van der Waals surface area contributed by atoms with E-state index >= 15 is 0 Å². The van der Waals surface area contributed by atoms with Crippen LogP contribution in [0.4, 0.5) is 11.5 Å². The Hall–Kier alpha value is -2.14. The lowest BCUT2D eigenvalue weighted by molar-refractivity contribution is 0.355. The van der Waals surface area contributed by atoms with Gasteiger partial charge in [0.2, 0.25) is 0 Å². The van der Waals surface area contributed by atoms with Crippen LogP contribution < -0.4 is 5.32 Å². The minimum atomic E-state index is -0.0544. The van der Waals surface area contributed by atoms with Gasteiger partial charge in [-0.2, -0.15) is 5.10 Å². The first-order valence-corrected chi connectivity index (χ1v) is 7.04. The van der Waals surface area contributed by atoms with Crippen molar-refractivity contribution in [2.24, 2.45) is 0 Å². The Bertz CT molecular complexity index is 788. The molecule has 2 aromatic heterocycles. The van der Waals surface area contributed by atoms with Crippen LogP contribution in [0.2, 0.25) is 5.02 Å². The molecule has 0 radical (unpaired) electrons. The summed E-state index contributed by atoms with van der Waals surface area (Å²) in [5.41, 5.74) is 1.64. The molecule has 2 heterocycles. The second-order valence-electron chi connectivity index (χ2n) is 5.85. The van der Waals surface area contributed by atoms with Gasteiger partial charge in [0.15, 0.2) is 0 Å². The van der Waals surface area contributed by atoms with Crippen LogP contribution >= 0.6 is 11.6 Å². The molecule has 5 nitrogen and oxygen atoms in total. The summed E-state index contributed by atoms with van der Waals surface area (Å²) in [4.78, 5) is 8.53. The summed E-state index contributed by atoms with van der Waals surface area (Å²) < 4.78 is 1.91. The van der Waals surface area contributed by atoms with Crippen molar-refractivity contribution in [1.29, 1.82) is 0 Å². The van der Waals surface area contributed by atoms with Gasteiger partial charge in [0, 0.05) is 16.6 Å². The van der Waals surface area contributed by atoms with Crippen LogP contribution in [0.5, 0.6) is 0 Å². The molecule has 0 atom stereocenters. The van der Waals surface area contributed by atoms with Crippen LogP contribution in [-0.2, 0) is 5.54 Å². The summed E-state index contributed by atoms with van der Waals surface area (Å²) in [7, 11) is 0. The summed E-state index contributed by atoms with van der Waals surface area (Å²) in [6, 6.07) is 5.56. The molecule has 1 N–H and O–H groups in total. The van der Waals surface area contributed by atoms with Crippen molar-refractivity contribution < 1.29 is 0 Å². The lowest BCUT2D eigenvalue weighted by atomic mass is 10.1. The van der Waals surface area contributed by atoms with Gasteiger partial charge in [-0.3, -0.25) is 4.68 Å². The van der Waals surface area contributed by atoms with Gasteiger partial charge < -0.3 is 5.32 Å². The third-order valence-electron chi connectivity index (χ3n) is 3.13. The van der Waals surface area contributed by atoms with E-state index in [4.69, 9.17) is 11.6 Å². The quantitative estimate of drug-likeness (QED) is 0.778. The first-order chi connectivity index (χ1) is 9.93. The number of nitrogens with zero attached hydrogens (tertiary/aromatic N) is 4. The number of nitrogens with one attached hydrogen (secondary N) is 1. The van der Waals surface area contributed by atoms with Crippen LogP contribution in [0.3, 0.4) is 0 Å². The first-order valence-electron chi connectivity index (χ1n) is 6.66. The highest BCUT2D eigenvalue weighted by atomic mass is 35.5. The number of fused-ring (bicyclic) bond motifs is 1. The maximum absolute atomic E-state index is 5.99. The van der Waals surface area contributed by atoms with E-state index < -0.39 is 0 Å². The number of anilines is 2. The van der Waals surface area contributed by atoms with E-state index in [1.807, 2.05) is 29.1 Å². The lowest BCUT2D eigenvalue weighted by Gasteiger charge is -2.18. The predicted octanol–water partition coefficient (Wildman–Crippen LogP) is 3.98. The highest BCUT2D eigenvalue weighted by molar-refractivity contribution is 6.31. The topological polar surface area (TPSA) is 55.6 Å². The summed E-state index contributed by atoms with van der Waals surface area (Å²) >= 11 is 5.99. The van der Waals surface area contributed by atoms with Crippen LogP contribution in [-0.4, -0.2) is 19.7 Å². The van der Waals surface area contributed by atoms with Gasteiger partial charge in [0.05, 0.1) is 22.9 Å². The first kappa shape index (κ1) is 13.8. The van der Waals surface area contributed by atoms with E-state index in [1.54, 1.807) is 6.20 Å². The molecule has 0 fully saturated rings. The minimum Gasteiger partial charge on any atom is -0.337 e. The monoisotopic (exact) mass is 301 g/mol. The Morgan fingerprint density at radius 3 is 2.71 bits per heavy atom. The van der Waals surface area contributed by atoms with Crippen LogP contribution in [0.15, 0.2) is 36.9 Å². The summed E-state index contributed by atoms with van der Waals surface area (Å²) in [6.45, 7) is 6.31. The van der Waals surface area contributed by atoms with E-state index in [-0.39, 0.29) is 5.54 Å². The molecule has 6 heteroatoms. The molecule has 0 bridgehead atoms. The van der Waals surface area contributed by atoms with Crippen molar-refractivity contribution in [3.8, 4) is 0 Å². The standard InChI is InChI=1S/C15H16ClN5/c1-15(2,3)21-8-11(7-19-21)20-14-12-5-4-10(16)6-13(12)17-9-18-14/h4-9H,1-3H3,(H,17,18,20). The van der Waals surface area contributed by atoms with Gasteiger partial charge in [-0.1, -0.05) is 11.6 Å². The van der Waals surface area contributed by atoms with Crippen LogP contribution in [0, 0.1) is 0 Å². The molecule has 0 amide bonds. The van der Waals surface area contributed by atoms with Crippen LogP contribution in [0.1, 0.15) is 20.8 Å². The zero-order chi connectivity index (χ0) is 15.0. The molecular formula is C15H16ClN5. The highest BCUT2D eigenvalue weighted by Gasteiger charge is 2.14. The minimum absolute atomic E-state index is 0.0544. The molecule has 3 aromatic rings. The molecule has 3 rings (SSSR count). The molecule has 0 aliphatic carbocycles. The van der Waals surface area contributed by atoms with Gasteiger partial charge in [0.25, 0.3) is 0 Å². The van der Waals surface area contributed by atoms with Gasteiger partial charge in [-0.25, -0.2) is 9.97 Å². The van der Waals surface area contributed by atoms with E-state index in [0.29, 0.717) is 5.02 Å². The average Bonchev–Trinajstić information content (AvgIpc) is 2.87. The highest BCUT2D eigenvalue weighted by Crippen LogP contribution is 2.25. The van der Waals surface area contributed by atoms with Crippen molar-refractivity contribution in [1.82, 2.24) is 19.7 Å². The largest absolute Gasteiger partial charge is 0.337 e. The molecule has 0 saturated heterocycles. The van der Waals surface area contributed by atoms with E-state index in [9.17, 15) is 0 Å². The SMILES string of the molecule is CC(C)(C)n1cc(Nc2ncnc3cc(Cl)ccc23)cn1. The van der Waals surface area contributed by atoms with Crippen molar-refractivity contribution in [2.45, 2.75) is 26.3 Å². The molecule has 1 aromatic carbocycles. The van der Waals surface area contributed by atoms with E-state index in [2.05, 4.69) is 41.2 Å².